The molecule has 0 radical (unpaired) electrons. The number of hydrogen-bond donors (Lipinski definition) is 1. The van der Waals surface area contributed by atoms with E-state index in [2.05, 4.69) is 5.32 Å². The van der Waals surface area contributed by atoms with Gasteiger partial charge < -0.3 is 4.74 Å². The van der Waals surface area contributed by atoms with Crippen LogP contribution in [0.5, 0.6) is 0 Å². The van der Waals surface area contributed by atoms with E-state index in [0.717, 1.165) is 13.0 Å². The molecule has 0 aromatic heterocycles. The predicted octanol–water partition coefficient (Wildman–Crippen LogP) is 0.897. The van der Waals surface area contributed by atoms with Crippen LogP contribution in [0, 0.1) is 0 Å². The van der Waals surface area contributed by atoms with E-state index >= 15 is 0 Å². The maximum Gasteiger partial charge on any atom is 0.307 e. The molecule has 0 fully saturated rings. The Hall–Kier alpha value is -0.570. The van der Waals surface area contributed by atoms with E-state index in [-0.39, 0.29) is 5.97 Å². The summed E-state index contributed by atoms with van der Waals surface area (Å²) in [6.07, 6.45) is 1.37. The standard InChI is InChI=1S/C7H15NO2/c1-3-5-7(9)10-6-8-4-2/h8H,3-6H2,1-2H3. The summed E-state index contributed by atoms with van der Waals surface area (Å²) in [7, 11) is 0. The molecule has 0 aliphatic heterocycles. The predicted molar refractivity (Wildman–Crippen MR) is 39.5 cm³/mol. The number of rotatable bonds is 5. The lowest BCUT2D eigenvalue weighted by Crippen LogP contribution is -2.19. The van der Waals surface area contributed by atoms with Gasteiger partial charge in [-0.1, -0.05) is 13.8 Å². The Morgan fingerprint density at radius 2 is 2.20 bits per heavy atom. The van der Waals surface area contributed by atoms with Crippen molar-refractivity contribution in [2.45, 2.75) is 26.7 Å². The smallest absolute Gasteiger partial charge is 0.307 e. The number of hydrogen-bond acceptors (Lipinski definition) is 3. The van der Waals surface area contributed by atoms with E-state index in [1.165, 1.54) is 0 Å². The molecule has 0 bridgehead atoms. The average Bonchev–Trinajstić information content (AvgIpc) is 1.89. The Morgan fingerprint density at radius 3 is 2.70 bits per heavy atom. The topological polar surface area (TPSA) is 38.3 Å². The SMILES string of the molecule is CCCC(=O)OCNCC. The number of nitrogens with one attached hydrogen (secondary N) is 1. The quantitative estimate of drug-likeness (QED) is 0.355. The van der Waals surface area contributed by atoms with Crippen LogP contribution in [-0.4, -0.2) is 19.2 Å². The molecule has 0 amide bonds. The second-order valence-corrected chi connectivity index (χ2v) is 2.01. The molecule has 1 N–H and O–H groups in total. The van der Waals surface area contributed by atoms with Crippen LogP contribution in [0.1, 0.15) is 26.7 Å². The second kappa shape index (κ2) is 6.55. The zero-order valence-corrected chi connectivity index (χ0v) is 6.64. The summed E-state index contributed by atoms with van der Waals surface area (Å²) in [5.41, 5.74) is 0. The van der Waals surface area contributed by atoms with Crippen LogP contribution >= 0.6 is 0 Å². The van der Waals surface area contributed by atoms with Crippen molar-refractivity contribution in [3.8, 4) is 0 Å². The van der Waals surface area contributed by atoms with Gasteiger partial charge in [0.25, 0.3) is 0 Å². The van der Waals surface area contributed by atoms with Crippen molar-refractivity contribution in [3.05, 3.63) is 0 Å². The molecule has 60 valence electrons. The molecule has 0 spiro atoms. The van der Waals surface area contributed by atoms with Gasteiger partial charge in [0.2, 0.25) is 0 Å². The molecule has 0 atom stereocenters. The summed E-state index contributed by atoms with van der Waals surface area (Å²) >= 11 is 0. The summed E-state index contributed by atoms with van der Waals surface area (Å²) in [5, 5.41) is 2.89. The van der Waals surface area contributed by atoms with Crippen LogP contribution in [0.4, 0.5) is 0 Å². The molecule has 0 rings (SSSR count). The highest BCUT2D eigenvalue weighted by atomic mass is 16.5. The van der Waals surface area contributed by atoms with Crippen LogP contribution in [0.25, 0.3) is 0 Å². The minimum absolute atomic E-state index is 0.122. The monoisotopic (exact) mass is 145 g/mol. The van der Waals surface area contributed by atoms with E-state index in [1.54, 1.807) is 0 Å². The molecular formula is C7H15NO2. The van der Waals surface area contributed by atoms with Crippen molar-refractivity contribution in [1.82, 2.24) is 5.32 Å². The fourth-order valence-corrected chi connectivity index (χ4v) is 0.510. The highest BCUT2D eigenvalue weighted by molar-refractivity contribution is 5.69. The van der Waals surface area contributed by atoms with Crippen molar-refractivity contribution in [1.29, 1.82) is 0 Å². The van der Waals surface area contributed by atoms with Gasteiger partial charge in [0.1, 0.15) is 6.73 Å². The fraction of sp³-hybridized carbons (Fsp3) is 0.857. The van der Waals surface area contributed by atoms with Crippen LogP contribution in [-0.2, 0) is 9.53 Å². The molecule has 0 unspecified atom stereocenters. The van der Waals surface area contributed by atoms with Crippen molar-refractivity contribution in [2.75, 3.05) is 13.3 Å². The molecule has 0 heterocycles. The van der Waals surface area contributed by atoms with Gasteiger partial charge in [0.05, 0.1) is 0 Å². The Bertz CT molecular complexity index is 93.6. The number of esters is 1. The van der Waals surface area contributed by atoms with Crippen molar-refractivity contribution < 1.29 is 9.53 Å². The van der Waals surface area contributed by atoms with Gasteiger partial charge in [-0.2, -0.15) is 0 Å². The fourth-order valence-electron chi connectivity index (χ4n) is 0.510. The van der Waals surface area contributed by atoms with E-state index in [9.17, 15) is 4.79 Å². The summed E-state index contributed by atoms with van der Waals surface area (Å²) in [6.45, 7) is 5.09. The summed E-state index contributed by atoms with van der Waals surface area (Å²) in [6, 6.07) is 0. The minimum atomic E-state index is -0.122. The second-order valence-electron chi connectivity index (χ2n) is 2.01. The molecule has 0 saturated heterocycles. The maximum absolute atomic E-state index is 10.7. The first-order valence-electron chi connectivity index (χ1n) is 3.67. The first-order valence-corrected chi connectivity index (χ1v) is 3.67. The molecule has 3 nitrogen and oxygen atoms in total. The maximum atomic E-state index is 10.7. The van der Waals surface area contributed by atoms with Gasteiger partial charge >= 0.3 is 5.97 Å². The molecule has 0 aliphatic rings. The molecule has 0 aromatic rings. The number of carbonyl (C=O) groups excluding carboxylic acids is 1. The molecule has 0 saturated carbocycles. The van der Waals surface area contributed by atoms with Gasteiger partial charge in [-0.15, -0.1) is 0 Å². The largest absolute Gasteiger partial charge is 0.450 e. The zero-order chi connectivity index (χ0) is 7.82. The van der Waals surface area contributed by atoms with Crippen LogP contribution in [0.15, 0.2) is 0 Å². The van der Waals surface area contributed by atoms with Crippen LogP contribution in [0.2, 0.25) is 0 Å². The van der Waals surface area contributed by atoms with Crippen LogP contribution < -0.4 is 5.32 Å². The van der Waals surface area contributed by atoms with Crippen molar-refractivity contribution in [3.63, 3.8) is 0 Å². The van der Waals surface area contributed by atoms with Crippen molar-refractivity contribution >= 4 is 5.97 Å². The first-order chi connectivity index (χ1) is 4.81. The third-order valence-corrected chi connectivity index (χ3v) is 1.04. The Labute approximate surface area is 61.8 Å². The Kier molecular flexibility index (Phi) is 6.18. The number of carbonyl (C=O) groups is 1. The van der Waals surface area contributed by atoms with Gasteiger partial charge in [-0.3, -0.25) is 10.1 Å². The summed E-state index contributed by atoms with van der Waals surface area (Å²) in [4.78, 5) is 10.7. The lowest BCUT2D eigenvalue weighted by Gasteiger charge is -2.02. The molecule has 3 heteroatoms. The average molecular weight is 145 g/mol. The van der Waals surface area contributed by atoms with Crippen molar-refractivity contribution in [2.24, 2.45) is 0 Å². The van der Waals surface area contributed by atoms with Gasteiger partial charge in [-0.05, 0) is 13.0 Å². The molecule has 0 aliphatic carbocycles. The summed E-state index contributed by atoms with van der Waals surface area (Å²) in [5.74, 6) is -0.122. The van der Waals surface area contributed by atoms with Gasteiger partial charge in [-0.25, -0.2) is 0 Å². The normalized spacial score (nSPS) is 9.40. The number of ether oxygens (including phenoxy) is 1. The lowest BCUT2D eigenvalue weighted by molar-refractivity contribution is -0.144. The van der Waals surface area contributed by atoms with Gasteiger partial charge in [0.15, 0.2) is 0 Å². The molecule has 10 heavy (non-hydrogen) atoms. The van der Waals surface area contributed by atoms with Crippen LogP contribution in [0.3, 0.4) is 0 Å². The Morgan fingerprint density at radius 1 is 1.50 bits per heavy atom. The van der Waals surface area contributed by atoms with E-state index < -0.39 is 0 Å². The third kappa shape index (κ3) is 5.56. The highest BCUT2D eigenvalue weighted by Crippen LogP contribution is 1.88. The first kappa shape index (κ1) is 9.43. The lowest BCUT2D eigenvalue weighted by atomic mass is 10.3. The summed E-state index contributed by atoms with van der Waals surface area (Å²) < 4.78 is 4.77. The third-order valence-electron chi connectivity index (χ3n) is 1.04. The Balaban J connectivity index is 3.05. The van der Waals surface area contributed by atoms with E-state index in [0.29, 0.717) is 13.2 Å². The molecular weight excluding hydrogens is 130 g/mol. The van der Waals surface area contributed by atoms with Gasteiger partial charge in [0, 0.05) is 6.42 Å². The minimum Gasteiger partial charge on any atom is -0.450 e. The molecule has 0 aromatic carbocycles. The highest BCUT2D eigenvalue weighted by Gasteiger charge is 1.97. The van der Waals surface area contributed by atoms with E-state index in [1.807, 2.05) is 13.8 Å². The van der Waals surface area contributed by atoms with E-state index in [4.69, 9.17) is 4.74 Å². The zero-order valence-electron chi connectivity index (χ0n) is 6.64.